The van der Waals surface area contributed by atoms with Crippen LogP contribution in [0.3, 0.4) is 0 Å². The molecule has 0 radical (unpaired) electrons. The van der Waals surface area contributed by atoms with Crippen molar-refractivity contribution in [2.45, 2.75) is 58.1 Å². The van der Waals surface area contributed by atoms with Crippen LogP contribution in [0.2, 0.25) is 0 Å². The van der Waals surface area contributed by atoms with E-state index in [0.717, 1.165) is 31.5 Å². The number of carbonyl (C=O) groups is 2. The molecule has 1 aliphatic rings. The lowest BCUT2D eigenvalue weighted by molar-refractivity contribution is -0.122. The lowest BCUT2D eigenvalue weighted by Crippen LogP contribution is -2.47. The van der Waals surface area contributed by atoms with Crippen LogP contribution in [0.5, 0.6) is 0 Å². The number of rotatable bonds is 8. The fourth-order valence-electron chi connectivity index (χ4n) is 4.07. The first-order chi connectivity index (χ1) is 15.8. The number of hydrogen-bond donors (Lipinski definition) is 2. The molecule has 1 aromatic heterocycles. The van der Waals surface area contributed by atoms with Gasteiger partial charge in [-0.05, 0) is 63.6 Å². The van der Waals surface area contributed by atoms with Gasteiger partial charge in [-0.3, -0.25) is 9.78 Å². The van der Waals surface area contributed by atoms with Crippen LogP contribution in [-0.2, 0) is 16.0 Å². The minimum Gasteiger partial charge on any atom is -0.444 e. The second-order valence-corrected chi connectivity index (χ2v) is 9.68. The maximum absolute atomic E-state index is 12.7. The quantitative estimate of drug-likeness (QED) is 0.634. The van der Waals surface area contributed by atoms with Crippen LogP contribution >= 0.6 is 0 Å². The number of piperidine rings is 1. The second-order valence-electron chi connectivity index (χ2n) is 9.68. The van der Waals surface area contributed by atoms with Crippen LogP contribution in [0.1, 0.15) is 45.6 Å². The summed E-state index contributed by atoms with van der Waals surface area (Å²) in [6, 6.07) is 13.7. The summed E-state index contributed by atoms with van der Waals surface area (Å²) in [5, 5.41) is 5.95. The maximum atomic E-state index is 12.7. The van der Waals surface area contributed by atoms with E-state index in [-0.39, 0.29) is 11.9 Å². The number of pyridine rings is 1. The topological polar surface area (TPSA) is 83.6 Å². The van der Waals surface area contributed by atoms with Gasteiger partial charge in [-0.1, -0.05) is 30.3 Å². The van der Waals surface area contributed by atoms with Gasteiger partial charge in [0.2, 0.25) is 5.91 Å². The minimum atomic E-state index is -0.574. The smallest absolute Gasteiger partial charge is 0.407 e. The number of carbonyl (C=O) groups excluding carboxylic acids is 2. The predicted octanol–water partition coefficient (Wildman–Crippen LogP) is 3.94. The van der Waals surface area contributed by atoms with E-state index in [1.165, 1.54) is 5.69 Å². The van der Waals surface area contributed by atoms with E-state index >= 15 is 0 Å². The number of hydrogen-bond acceptors (Lipinski definition) is 5. The van der Waals surface area contributed by atoms with Crippen molar-refractivity contribution < 1.29 is 14.3 Å². The molecule has 7 nitrogen and oxygen atoms in total. The van der Waals surface area contributed by atoms with Gasteiger partial charge in [0, 0.05) is 44.1 Å². The van der Waals surface area contributed by atoms with Crippen LogP contribution in [0.4, 0.5) is 10.5 Å². The largest absolute Gasteiger partial charge is 0.444 e. The summed E-state index contributed by atoms with van der Waals surface area (Å²) < 4.78 is 5.41. The zero-order valence-electron chi connectivity index (χ0n) is 19.9. The van der Waals surface area contributed by atoms with Crippen molar-refractivity contribution in [1.29, 1.82) is 0 Å². The molecule has 1 aromatic carbocycles. The SMILES string of the molecule is CC(C)(C)OC(=O)NC(CNC(=O)CC1CCN(c2ccncc2)CC1)Cc1ccccc1. The number of amides is 2. The molecule has 0 saturated carbocycles. The van der Waals surface area contributed by atoms with E-state index in [4.69, 9.17) is 4.74 Å². The molecule has 33 heavy (non-hydrogen) atoms. The van der Waals surface area contributed by atoms with Crippen molar-refractivity contribution in [3.63, 3.8) is 0 Å². The third kappa shape index (κ3) is 8.75. The molecule has 2 N–H and O–H groups in total. The molecular weight excluding hydrogens is 416 g/mol. The van der Waals surface area contributed by atoms with E-state index in [1.807, 2.05) is 75.6 Å². The Labute approximate surface area is 196 Å². The van der Waals surface area contributed by atoms with Crippen molar-refractivity contribution in [2.75, 3.05) is 24.5 Å². The first kappa shape index (κ1) is 24.6. The molecule has 178 valence electrons. The van der Waals surface area contributed by atoms with Gasteiger partial charge in [0.1, 0.15) is 5.60 Å². The summed E-state index contributed by atoms with van der Waals surface area (Å²) in [4.78, 5) is 31.4. The van der Waals surface area contributed by atoms with Gasteiger partial charge in [0.25, 0.3) is 0 Å². The zero-order chi connectivity index (χ0) is 23.7. The Kier molecular flexibility index (Phi) is 8.69. The van der Waals surface area contributed by atoms with Gasteiger partial charge in [0.15, 0.2) is 0 Å². The summed E-state index contributed by atoms with van der Waals surface area (Å²) in [6.45, 7) is 7.75. The second kappa shape index (κ2) is 11.7. The third-order valence-electron chi connectivity index (χ3n) is 5.71. The molecule has 2 aromatic rings. The van der Waals surface area contributed by atoms with E-state index in [9.17, 15) is 9.59 Å². The van der Waals surface area contributed by atoms with Crippen LogP contribution in [-0.4, -0.2) is 48.3 Å². The maximum Gasteiger partial charge on any atom is 0.407 e. The first-order valence-electron chi connectivity index (χ1n) is 11.7. The fourth-order valence-corrected chi connectivity index (χ4v) is 4.07. The molecule has 1 atom stereocenters. The number of ether oxygens (including phenoxy) is 1. The third-order valence-corrected chi connectivity index (χ3v) is 5.71. The molecule has 3 rings (SSSR count). The molecule has 1 aliphatic heterocycles. The first-order valence-corrected chi connectivity index (χ1v) is 11.7. The van der Waals surface area contributed by atoms with Crippen LogP contribution in [0.25, 0.3) is 0 Å². The van der Waals surface area contributed by atoms with E-state index < -0.39 is 11.7 Å². The lowest BCUT2D eigenvalue weighted by Gasteiger charge is -2.33. The molecule has 2 amide bonds. The van der Waals surface area contributed by atoms with Crippen molar-refractivity contribution >= 4 is 17.7 Å². The Morgan fingerprint density at radius 1 is 1.09 bits per heavy atom. The fraction of sp³-hybridized carbons (Fsp3) is 0.500. The highest BCUT2D eigenvalue weighted by Gasteiger charge is 2.23. The normalized spacial score (nSPS) is 15.5. The van der Waals surface area contributed by atoms with Crippen LogP contribution in [0, 0.1) is 5.92 Å². The molecule has 0 aliphatic carbocycles. The molecule has 0 spiro atoms. The molecule has 2 heterocycles. The average molecular weight is 453 g/mol. The summed E-state index contributed by atoms with van der Waals surface area (Å²) in [5.41, 5.74) is 1.71. The molecule has 0 bridgehead atoms. The number of anilines is 1. The van der Waals surface area contributed by atoms with Crippen molar-refractivity contribution in [3.05, 3.63) is 60.4 Å². The number of benzene rings is 1. The molecular formula is C26H36N4O3. The van der Waals surface area contributed by atoms with Crippen molar-refractivity contribution in [2.24, 2.45) is 5.92 Å². The summed E-state index contributed by atoms with van der Waals surface area (Å²) in [7, 11) is 0. The van der Waals surface area contributed by atoms with Gasteiger partial charge in [-0.15, -0.1) is 0 Å². The monoisotopic (exact) mass is 452 g/mol. The number of alkyl carbamates (subject to hydrolysis) is 1. The number of nitrogens with zero attached hydrogens (tertiary/aromatic N) is 2. The summed E-state index contributed by atoms with van der Waals surface area (Å²) in [5.74, 6) is 0.399. The number of aromatic nitrogens is 1. The molecule has 1 fully saturated rings. The Balaban J connectivity index is 1.47. The average Bonchev–Trinajstić information content (AvgIpc) is 2.78. The highest BCUT2D eigenvalue weighted by atomic mass is 16.6. The standard InChI is InChI=1S/C26H36N4O3/c1-26(2,3)33-25(32)29-22(17-20-7-5-4-6-8-20)19-28-24(31)18-21-11-15-30(16-12-21)23-9-13-27-14-10-23/h4-10,13-14,21-22H,11-12,15-19H2,1-3H3,(H,28,31)(H,29,32). The van der Waals surface area contributed by atoms with E-state index in [1.54, 1.807) is 0 Å². The Morgan fingerprint density at radius 3 is 2.39 bits per heavy atom. The van der Waals surface area contributed by atoms with E-state index in [2.05, 4.69) is 20.5 Å². The predicted molar refractivity (Wildman–Crippen MR) is 130 cm³/mol. The zero-order valence-corrected chi connectivity index (χ0v) is 19.9. The summed E-state index contributed by atoms with van der Waals surface area (Å²) in [6.07, 6.45) is 6.25. The van der Waals surface area contributed by atoms with Gasteiger partial charge in [-0.2, -0.15) is 0 Å². The van der Waals surface area contributed by atoms with Crippen LogP contribution < -0.4 is 15.5 Å². The van der Waals surface area contributed by atoms with Gasteiger partial charge >= 0.3 is 6.09 Å². The van der Waals surface area contributed by atoms with Gasteiger partial charge < -0.3 is 20.3 Å². The Morgan fingerprint density at radius 2 is 1.76 bits per heavy atom. The highest BCUT2D eigenvalue weighted by molar-refractivity contribution is 5.76. The van der Waals surface area contributed by atoms with Gasteiger partial charge in [-0.25, -0.2) is 4.79 Å². The minimum absolute atomic E-state index is 0.0291. The highest BCUT2D eigenvalue weighted by Crippen LogP contribution is 2.24. The van der Waals surface area contributed by atoms with E-state index in [0.29, 0.717) is 25.3 Å². The van der Waals surface area contributed by atoms with Crippen LogP contribution in [0.15, 0.2) is 54.9 Å². The molecule has 7 heteroatoms. The van der Waals surface area contributed by atoms with Gasteiger partial charge in [0.05, 0.1) is 6.04 Å². The molecule has 1 saturated heterocycles. The Bertz CT molecular complexity index is 875. The lowest BCUT2D eigenvalue weighted by atomic mass is 9.93. The van der Waals surface area contributed by atoms with Crippen molar-refractivity contribution in [3.8, 4) is 0 Å². The van der Waals surface area contributed by atoms with Crippen molar-refractivity contribution in [1.82, 2.24) is 15.6 Å². The molecule has 1 unspecified atom stereocenters. The summed E-state index contributed by atoms with van der Waals surface area (Å²) >= 11 is 0. The Hall–Kier alpha value is -3.09. The number of nitrogens with one attached hydrogen (secondary N) is 2.